The van der Waals surface area contributed by atoms with Crippen molar-refractivity contribution in [2.24, 2.45) is 0 Å². The van der Waals surface area contributed by atoms with Crippen LogP contribution in [-0.4, -0.2) is 38.9 Å². The van der Waals surface area contributed by atoms with Crippen LogP contribution < -0.4 is 0 Å². The predicted octanol–water partition coefficient (Wildman–Crippen LogP) is 3.08. The summed E-state index contributed by atoms with van der Waals surface area (Å²) in [5.41, 5.74) is 0.984. The third-order valence-electron chi connectivity index (χ3n) is 4.15. The lowest BCUT2D eigenvalue weighted by Gasteiger charge is -2.32. The molecule has 1 fully saturated rings. The lowest BCUT2D eigenvalue weighted by molar-refractivity contribution is -0.0419. The number of aryl methyl sites for hydroxylation is 1. The third-order valence-corrected chi connectivity index (χ3v) is 4.58. The molecule has 7 heteroatoms. The molecule has 0 amide bonds. The van der Waals surface area contributed by atoms with E-state index in [-0.39, 0.29) is 11.9 Å². The second kappa shape index (κ2) is 7.38. The molecule has 2 heterocycles. The summed E-state index contributed by atoms with van der Waals surface area (Å²) in [6, 6.07) is 6.48. The van der Waals surface area contributed by atoms with Crippen molar-refractivity contribution in [2.45, 2.75) is 26.2 Å². The molecule has 1 saturated heterocycles. The molecular formula is C17H21FN4OS. The van der Waals surface area contributed by atoms with Crippen molar-refractivity contribution in [3.05, 3.63) is 58.9 Å². The molecule has 0 spiro atoms. The van der Waals surface area contributed by atoms with Crippen molar-refractivity contribution in [3.8, 4) is 0 Å². The number of ether oxygens (including phenoxy) is 1. The summed E-state index contributed by atoms with van der Waals surface area (Å²) in [4.78, 5) is 2.25. The molecule has 3 rings (SSSR count). The van der Waals surface area contributed by atoms with Crippen molar-refractivity contribution in [1.82, 2.24) is 19.2 Å². The molecule has 0 saturated carbocycles. The van der Waals surface area contributed by atoms with Gasteiger partial charge in [-0.2, -0.15) is 5.10 Å². The zero-order chi connectivity index (χ0) is 17.1. The fourth-order valence-corrected chi connectivity index (χ4v) is 3.19. The molecule has 1 aliphatic heterocycles. The van der Waals surface area contributed by atoms with Crippen LogP contribution in [0.15, 0.2) is 36.9 Å². The van der Waals surface area contributed by atoms with Gasteiger partial charge < -0.3 is 9.30 Å². The van der Waals surface area contributed by atoms with Crippen LogP contribution in [0.5, 0.6) is 0 Å². The second-order valence-electron chi connectivity index (χ2n) is 5.86. The highest BCUT2D eigenvalue weighted by Gasteiger charge is 2.23. The van der Waals surface area contributed by atoms with Crippen molar-refractivity contribution in [3.63, 3.8) is 0 Å². The van der Waals surface area contributed by atoms with Gasteiger partial charge in [0, 0.05) is 19.6 Å². The molecule has 1 aliphatic rings. The van der Waals surface area contributed by atoms with Crippen LogP contribution in [0, 0.1) is 17.5 Å². The summed E-state index contributed by atoms with van der Waals surface area (Å²) in [5, 5.41) is 4.53. The molecule has 0 bridgehead atoms. The number of benzene rings is 1. The number of halogens is 1. The fourth-order valence-electron chi connectivity index (χ4n) is 2.88. The topological polar surface area (TPSA) is 35.2 Å². The SMILES string of the molecule is C=CCn1c(C)nn(CN2CCOC(c3ccc(F)cc3)C2)c1=S. The summed E-state index contributed by atoms with van der Waals surface area (Å²) in [5.74, 6) is 0.643. The van der Waals surface area contributed by atoms with Crippen molar-refractivity contribution in [1.29, 1.82) is 0 Å². The van der Waals surface area contributed by atoms with Crippen LogP contribution in [0.4, 0.5) is 4.39 Å². The smallest absolute Gasteiger partial charge is 0.199 e. The molecule has 0 aliphatic carbocycles. The van der Waals surface area contributed by atoms with E-state index >= 15 is 0 Å². The Bertz CT molecular complexity index is 768. The fraction of sp³-hybridized carbons (Fsp3) is 0.412. The van der Waals surface area contributed by atoms with Crippen LogP contribution >= 0.6 is 12.2 Å². The lowest BCUT2D eigenvalue weighted by atomic mass is 10.1. The second-order valence-corrected chi connectivity index (χ2v) is 6.22. The number of rotatable bonds is 5. The Morgan fingerprint density at radius 1 is 1.42 bits per heavy atom. The maximum atomic E-state index is 13.1. The van der Waals surface area contributed by atoms with Gasteiger partial charge in [0.1, 0.15) is 11.6 Å². The summed E-state index contributed by atoms with van der Waals surface area (Å²) >= 11 is 5.50. The van der Waals surface area contributed by atoms with Crippen molar-refractivity contribution >= 4 is 12.2 Å². The summed E-state index contributed by atoms with van der Waals surface area (Å²) < 4.78 is 23.4. The van der Waals surface area contributed by atoms with Crippen LogP contribution in [0.3, 0.4) is 0 Å². The van der Waals surface area contributed by atoms with E-state index in [0.29, 0.717) is 24.6 Å². The van der Waals surface area contributed by atoms with Crippen LogP contribution in [0.1, 0.15) is 17.5 Å². The molecule has 1 atom stereocenters. The summed E-state index contributed by atoms with van der Waals surface area (Å²) in [6.45, 7) is 9.13. The number of nitrogens with zero attached hydrogens (tertiary/aromatic N) is 4. The third kappa shape index (κ3) is 3.63. The van der Waals surface area contributed by atoms with Gasteiger partial charge in [0.25, 0.3) is 0 Å². The Labute approximate surface area is 146 Å². The van der Waals surface area contributed by atoms with Gasteiger partial charge in [-0.1, -0.05) is 18.2 Å². The molecule has 0 radical (unpaired) electrons. The maximum Gasteiger partial charge on any atom is 0.199 e. The quantitative estimate of drug-likeness (QED) is 0.614. The molecular weight excluding hydrogens is 327 g/mol. The lowest BCUT2D eigenvalue weighted by Crippen LogP contribution is -2.39. The standard InChI is InChI=1S/C17H21FN4OS/c1-3-8-21-13(2)19-22(17(21)24)12-20-9-10-23-16(11-20)14-4-6-15(18)7-5-14/h3-7,16H,1,8-12H2,2H3. The molecule has 1 unspecified atom stereocenters. The highest BCUT2D eigenvalue weighted by Crippen LogP contribution is 2.22. The van der Waals surface area contributed by atoms with Gasteiger partial charge >= 0.3 is 0 Å². The van der Waals surface area contributed by atoms with Crippen LogP contribution in [0.2, 0.25) is 0 Å². The van der Waals surface area contributed by atoms with E-state index in [0.717, 1.165) is 24.5 Å². The minimum absolute atomic E-state index is 0.0649. The predicted molar refractivity (Wildman–Crippen MR) is 92.7 cm³/mol. The summed E-state index contributed by atoms with van der Waals surface area (Å²) in [7, 11) is 0. The first kappa shape index (κ1) is 17.0. The molecule has 24 heavy (non-hydrogen) atoms. The average molecular weight is 348 g/mol. The number of aromatic nitrogens is 3. The maximum absolute atomic E-state index is 13.1. The molecule has 1 aromatic carbocycles. The van der Waals surface area contributed by atoms with Crippen LogP contribution in [0.25, 0.3) is 0 Å². The first-order chi connectivity index (χ1) is 11.6. The van der Waals surface area contributed by atoms with E-state index in [2.05, 4.69) is 16.6 Å². The van der Waals surface area contributed by atoms with Gasteiger partial charge in [-0.15, -0.1) is 6.58 Å². The van der Waals surface area contributed by atoms with Gasteiger partial charge in [0.2, 0.25) is 0 Å². The van der Waals surface area contributed by atoms with Crippen molar-refractivity contribution < 1.29 is 9.13 Å². The van der Waals surface area contributed by atoms with E-state index in [1.54, 1.807) is 12.1 Å². The van der Waals surface area contributed by atoms with Gasteiger partial charge in [-0.3, -0.25) is 4.90 Å². The van der Waals surface area contributed by atoms with Gasteiger partial charge in [0.15, 0.2) is 4.77 Å². The molecule has 0 N–H and O–H groups in total. The number of morpholine rings is 1. The first-order valence-electron chi connectivity index (χ1n) is 7.93. The normalized spacial score (nSPS) is 18.7. The monoisotopic (exact) mass is 348 g/mol. The highest BCUT2D eigenvalue weighted by atomic mass is 32.1. The summed E-state index contributed by atoms with van der Waals surface area (Å²) in [6.07, 6.45) is 1.75. The Morgan fingerprint density at radius 3 is 2.88 bits per heavy atom. The van der Waals surface area contributed by atoms with E-state index in [1.807, 2.05) is 22.2 Å². The zero-order valence-corrected chi connectivity index (χ0v) is 14.5. The molecule has 1 aromatic heterocycles. The first-order valence-corrected chi connectivity index (χ1v) is 8.34. The van der Waals surface area contributed by atoms with E-state index in [1.165, 1.54) is 12.1 Å². The molecule has 128 valence electrons. The highest BCUT2D eigenvalue weighted by molar-refractivity contribution is 7.71. The van der Waals surface area contributed by atoms with Gasteiger partial charge in [-0.05, 0) is 36.8 Å². The largest absolute Gasteiger partial charge is 0.371 e. The Morgan fingerprint density at radius 2 is 2.17 bits per heavy atom. The van der Waals surface area contributed by atoms with Crippen molar-refractivity contribution in [2.75, 3.05) is 19.7 Å². The average Bonchev–Trinajstić information content (AvgIpc) is 2.84. The number of hydrogen-bond donors (Lipinski definition) is 0. The number of allylic oxidation sites excluding steroid dienone is 1. The Hall–Kier alpha value is -1.83. The number of hydrogen-bond acceptors (Lipinski definition) is 4. The van der Waals surface area contributed by atoms with E-state index in [4.69, 9.17) is 17.0 Å². The Kier molecular flexibility index (Phi) is 5.23. The zero-order valence-electron chi connectivity index (χ0n) is 13.7. The van der Waals surface area contributed by atoms with Crippen LogP contribution in [-0.2, 0) is 18.0 Å². The molecule has 2 aromatic rings. The Balaban J connectivity index is 1.72. The van der Waals surface area contributed by atoms with Gasteiger partial charge in [0.05, 0.1) is 19.4 Å². The minimum Gasteiger partial charge on any atom is -0.371 e. The molecule has 5 nitrogen and oxygen atoms in total. The van der Waals surface area contributed by atoms with E-state index < -0.39 is 0 Å². The van der Waals surface area contributed by atoms with E-state index in [9.17, 15) is 4.39 Å². The minimum atomic E-state index is -0.235. The van der Waals surface area contributed by atoms with Gasteiger partial charge in [-0.25, -0.2) is 9.07 Å².